The molecule has 1 amide bonds. The maximum atomic E-state index is 12.0. The first-order chi connectivity index (χ1) is 10.3. The van der Waals surface area contributed by atoms with E-state index in [-0.39, 0.29) is 12.1 Å². The smallest absolute Gasteiger partial charge is 0.408 e. The summed E-state index contributed by atoms with van der Waals surface area (Å²) in [5, 5.41) is 2.97. The molecule has 1 heterocycles. The van der Waals surface area contributed by atoms with Gasteiger partial charge in [-0.15, -0.1) is 0 Å². The van der Waals surface area contributed by atoms with E-state index in [1.54, 1.807) is 0 Å². The molecule has 0 spiro atoms. The Bertz CT molecular complexity index is 532. The lowest BCUT2D eigenvalue weighted by atomic mass is 10.0. The fraction of sp³-hybridized carbons (Fsp3) is 0.500. The molecule has 1 aliphatic rings. The highest BCUT2D eigenvalue weighted by molar-refractivity contribution is 5.68. The van der Waals surface area contributed by atoms with Gasteiger partial charge in [-0.2, -0.15) is 0 Å². The summed E-state index contributed by atoms with van der Waals surface area (Å²) < 4.78 is 5.35. The molecule has 0 fully saturated rings. The van der Waals surface area contributed by atoms with Gasteiger partial charge in [0.2, 0.25) is 0 Å². The zero-order valence-electron chi connectivity index (χ0n) is 13.9. The number of hydrogen-bond donors (Lipinski definition) is 1. The van der Waals surface area contributed by atoms with Crippen LogP contribution < -0.4 is 5.32 Å². The lowest BCUT2D eigenvalue weighted by molar-refractivity contribution is 0.0499. The second kappa shape index (κ2) is 6.97. The molecule has 1 aliphatic heterocycles. The summed E-state index contributed by atoms with van der Waals surface area (Å²) in [6.07, 6.45) is 1.82. The van der Waals surface area contributed by atoms with Gasteiger partial charge >= 0.3 is 6.09 Å². The van der Waals surface area contributed by atoms with Crippen LogP contribution in [-0.2, 0) is 11.3 Å². The van der Waals surface area contributed by atoms with Gasteiger partial charge in [-0.05, 0) is 33.3 Å². The Kier molecular flexibility index (Phi) is 5.24. The molecule has 0 aromatic heterocycles. The third-order valence-corrected chi connectivity index (χ3v) is 3.60. The second-order valence-electron chi connectivity index (χ2n) is 6.83. The quantitative estimate of drug-likeness (QED) is 0.871. The summed E-state index contributed by atoms with van der Waals surface area (Å²) in [5.74, 6) is 0. The third-order valence-electron chi connectivity index (χ3n) is 3.60. The number of carbonyl (C=O) groups excluding carboxylic acids is 1. The van der Waals surface area contributed by atoms with Crippen molar-refractivity contribution in [3.8, 4) is 0 Å². The largest absolute Gasteiger partial charge is 0.444 e. The van der Waals surface area contributed by atoms with Gasteiger partial charge in [0.1, 0.15) is 5.60 Å². The zero-order chi connectivity index (χ0) is 16.2. The molecule has 0 saturated carbocycles. The first-order valence-electron chi connectivity index (χ1n) is 7.76. The standard InChI is InChI=1S/C18H26N2O2/c1-14-10-11-20(12-15-8-6-5-7-9-15)13-16(14)19-17(21)22-18(2,3)4/h5-10,16H,11-13H2,1-4H3,(H,19,21)/t16-/m0/s1. The number of amides is 1. The van der Waals surface area contributed by atoms with Gasteiger partial charge in [0.05, 0.1) is 6.04 Å². The number of ether oxygens (including phenoxy) is 1. The fourth-order valence-electron chi connectivity index (χ4n) is 2.47. The molecule has 0 radical (unpaired) electrons. The normalized spacial score (nSPS) is 19.5. The molecular formula is C18H26N2O2. The van der Waals surface area contributed by atoms with Crippen LogP contribution in [0, 0.1) is 0 Å². The Balaban J connectivity index is 1.93. The van der Waals surface area contributed by atoms with Crippen molar-refractivity contribution in [2.75, 3.05) is 13.1 Å². The van der Waals surface area contributed by atoms with Crippen molar-refractivity contribution < 1.29 is 9.53 Å². The number of rotatable bonds is 3. The van der Waals surface area contributed by atoms with E-state index in [9.17, 15) is 4.79 Å². The van der Waals surface area contributed by atoms with E-state index in [1.165, 1.54) is 11.1 Å². The molecule has 0 aliphatic carbocycles. The Morgan fingerprint density at radius 2 is 2.00 bits per heavy atom. The van der Waals surface area contributed by atoms with E-state index >= 15 is 0 Å². The van der Waals surface area contributed by atoms with Crippen LogP contribution in [0.1, 0.15) is 33.3 Å². The van der Waals surface area contributed by atoms with Gasteiger partial charge in [0.25, 0.3) is 0 Å². The van der Waals surface area contributed by atoms with Crippen LogP contribution in [-0.4, -0.2) is 35.7 Å². The molecule has 22 heavy (non-hydrogen) atoms. The SMILES string of the molecule is CC1=CCN(Cc2ccccc2)C[C@@H]1NC(=O)OC(C)(C)C. The third kappa shape index (κ3) is 5.19. The average Bonchev–Trinajstić information content (AvgIpc) is 2.41. The summed E-state index contributed by atoms with van der Waals surface area (Å²) in [5.41, 5.74) is 2.00. The van der Waals surface area contributed by atoms with Gasteiger partial charge in [-0.1, -0.05) is 42.0 Å². The Morgan fingerprint density at radius 1 is 1.32 bits per heavy atom. The molecule has 1 N–H and O–H groups in total. The number of nitrogens with one attached hydrogen (secondary N) is 1. The number of carbonyl (C=O) groups is 1. The van der Waals surface area contributed by atoms with Crippen molar-refractivity contribution in [2.45, 2.75) is 45.9 Å². The van der Waals surface area contributed by atoms with E-state index in [2.05, 4.69) is 47.5 Å². The number of hydrogen-bond acceptors (Lipinski definition) is 3. The second-order valence-corrected chi connectivity index (χ2v) is 6.83. The molecule has 1 aromatic rings. The van der Waals surface area contributed by atoms with Crippen molar-refractivity contribution in [3.63, 3.8) is 0 Å². The summed E-state index contributed by atoms with van der Waals surface area (Å²) in [6, 6.07) is 10.4. The van der Waals surface area contributed by atoms with Crippen LogP contribution >= 0.6 is 0 Å². The molecule has 4 nitrogen and oxygen atoms in total. The highest BCUT2D eigenvalue weighted by Gasteiger charge is 2.24. The maximum absolute atomic E-state index is 12.0. The molecular weight excluding hydrogens is 276 g/mol. The summed E-state index contributed by atoms with van der Waals surface area (Å²) in [7, 11) is 0. The Morgan fingerprint density at radius 3 is 2.64 bits per heavy atom. The minimum absolute atomic E-state index is 0.00677. The Labute approximate surface area is 133 Å². The van der Waals surface area contributed by atoms with E-state index in [0.717, 1.165) is 19.6 Å². The highest BCUT2D eigenvalue weighted by Crippen LogP contribution is 2.15. The molecule has 0 saturated heterocycles. The molecule has 0 unspecified atom stereocenters. The van der Waals surface area contributed by atoms with E-state index < -0.39 is 5.60 Å². The van der Waals surface area contributed by atoms with Crippen LogP contribution in [0.2, 0.25) is 0 Å². The first-order valence-corrected chi connectivity index (χ1v) is 7.76. The van der Waals surface area contributed by atoms with Crippen LogP contribution in [0.25, 0.3) is 0 Å². The van der Waals surface area contributed by atoms with Crippen molar-refractivity contribution in [1.82, 2.24) is 10.2 Å². The van der Waals surface area contributed by atoms with Crippen molar-refractivity contribution >= 4 is 6.09 Å². The molecule has 1 atom stereocenters. The van der Waals surface area contributed by atoms with Gasteiger partial charge < -0.3 is 10.1 Å². The van der Waals surface area contributed by atoms with Gasteiger partial charge in [0, 0.05) is 19.6 Å². The topological polar surface area (TPSA) is 41.6 Å². The highest BCUT2D eigenvalue weighted by atomic mass is 16.6. The van der Waals surface area contributed by atoms with Crippen molar-refractivity contribution in [2.24, 2.45) is 0 Å². The number of benzene rings is 1. The van der Waals surface area contributed by atoms with Gasteiger partial charge in [0.15, 0.2) is 0 Å². The van der Waals surface area contributed by atoms with Crippen LogP contribution in [0.5, 0.6) is 0 Å². The molecule has 2 rings (SSSR count). The molecule has 4 heteroatoms. The summed E-state index contributed by atoms with van der Waals surface area (Å²) in [6.45, 7) is 10.3. The van der Waals surface area contributed by atoms with Gasteiger partial charge in [-0.25, -0.2) is 4.79 Å². The molecule has 1 aromatic carbocycles. The predicted octanol–water partition coefficient (Wildman–Crippen LogP) is 3.34. The van der Waals surface area contributed by atoms with E-state index in [0.29, 0.717) is 0 Å². The lowest BCUT2D eigenvalue weighted by Crippen LogP contribution is -2.48. The predicted molar refractivity (Wildman–Crippen MR) is 88.6 cm³/mol. The summed E-state index contributed by atoms with van der Waals surface area (Å²) >= 11 is 0. The van der Waals surface area contributed by atoms with Crippen LogP contribution in [0.15, 0.2) is 42.0 Å². The first kappa shape index (κ1) is 16.6. The molecule has 120 valence electrons. The fourth-order valence-corrected chi connectivity index (χ4v) is 2.47. The van der Waals surface area contributed by atoms with Crippen LogP contribution in [0.3, 0.4) is 0 Å². The minimum Gasteiger partial charge on any atom is -0.444 e. The van der Waals surface area contributed by atoms with E-state index in [1.807, 2.05) is 26.8 Å². The van der Waals surface area contributed by atoms with Gasteiger partial charge in [-0.3, -0.25) is 4.90 Å². The maximum Gasteiger partial charge on any atom is 0.408 e. The minimum atomic E-state index is -0.472. The van der Waals surface area contributed by atoms with Crippen molar-refractivity contribution in [1.29, 1.82) is 0 Å². The average molecular weight is 302 g/mol. The zero-order valence-corrected chi connectivity index (χ0v) is 13.9. The van der Waals surface area contributed by atoms with Crippen molar-refractivity contribution in [3.05, 3.63) is 47.5 Å². The van der Waals surface area contributed by atoms with Crippen LogP contribution in [0.4, 0.5) is 4.79 Å². The monoisotopic (exact) mass is 302 g/mol. The molecule has 0 bridgehead atoms. The summed E-state index contributed by atoms with van der Waals surface area (Å²) in [4.78, 5) is 14.3. The number of nitrogens with zero attached hydrogens (tertiary/aromatic N) is 1. The lowest BCUT2D eigenvalue weighted by Gasteiger charge is -2.33. The van der Waals surface area contributed by atoms with E-state index in [4.69, 9.17) is 4.74 Å². The Hall–Kier alpha value is -1.81. The number of alkyl carbamates (subject to hydrolysis) is 1.